The zero-order valence-corrected chi connectivity index (χ0v) is 12.6. The lowest BCUT2D eigenvalue weighted by Gasteiger charge is -2.07. The van der Waals surface area contributed by atoms with Crippen LogP contribution in [0.25, 0.3) is 0 Å². The van der Waals surface area contributed by atoms with Gasteiger partial charge in [0.15, 0.2) is 5.16 Å². The average molecular weight is 307 g/mol. The summed E-state index contributed by atoms with van der Waals surface area (Å²) in [6, 6.07) is 4.49. The number of thioether (sulfide) groups is 1. The van der Waals surface area contributed by atoms with Crippen LogP contribution in [0.3, 0.4) is 0 Å². The highest BCUT2D eigenvalue weighted by molar-refractivity contribution is 7.98. The van der Waals surface area contributed by atoms with E-state index in [0.717, 1.165) is 16.5 Å². The van der Waals surface area contributed by atoms with Gasteiger partial charge in [-0.3, -0.25) is 0 Å². The first-order chi connectivity index (χ1) is 9.81. The zero-order chi connectivity index (χ0) is 13.5. The first kappa shape index (κ1) is 12.7. The molecule has 0 aliphatic heterocycles. The third-order valence-corrected chi connectivity index (χ3v) is 4.94. The van der Waals surface area contributed by atoms with Crippen molar-refractivity contribution in [1.29, 1.82) is 0 Å². The summed E-state index contributed by atoms with van der Waals surface area (Å²) in [5, 5.41) is 10.4. The topological polar surface area (TPSA) is 43.6 Å². The van der Waals surface area contributed by atoms with Crippen molar-refractivity contribution in [3.63, 3.8) is 0 Å². The Morgan fingerprint density at radius 3 is 2.70 bits per heavy atom. The van der Waals surface area contributed by atoms with Crippen molar-refractivity contribution in [3.8, 4) is 0 Å². The quantitative estimate of drug-likeness (QED) is 0.622. The molecule has 2 aliphatic carbocycles. The van der Waals surface area contributed by atoms with Crippen molar-refractivity contribution < 1.29 is 0 Å². The highest BCUT2D eigenvalue weighted by atomic mass is 35.5. The summed E-state index contributed by atoms with van der Waals surface area (Å²) in [5.74, 6) is 2.73. The van der Waals surface area contributed by atoms with Gasteiger partial charge in [0.2, 0.25) is 0 Å². The van der Waals surface area contributed by atoms with E-state index in [1.807, 2.05) is 18.3 Å². The van der Waals surface area contributed by atoms with E-state index in [2.05, 4.69) is 19.7 Å². The molecule has 0 radical (unpaired) electrons. The molecule has 2 aliphatic rings. The molecule has 0 saturated heterocycles. The smallest absolute Gasteiger partial charge is 0.191 e. The van der Waals surface area contributed by atoms with Gasteiger partial charge in [0.1, 0.15) is 11.0 Å². The molecule has 0 bridgehead atoms. The average Bonchev–Trinajstić information content (AvgIpc) is 3.37. The van der Waals surface area contributed by atoms with Crippen molar-refractivity contribution in [2.75, 3.05) is 0 Å². The monoisotopic (exact) mass is 306 g/mol. The standard InChI is InChI=1S/C14H15ClN4S/c15-12-6-1-9(7-16-12)8-20-14-18-17-13(10-2-3-10)19(14)11-4-5-11/h1,6-7,10-11H,2-5,8H2. The molecule has 20 heavy (non-hydrogen) atoms. The highest BCUT2D eigenvalue weighted by Gasteiger charge is 2.36. The molecule has 4 nitrogen and oxygen atoms in total. The van der Waals surface area contributed by atoms with Gasteiger partial charge in [-0.1, -0.05) is 29.4 Å². The predicted molar refractivity (Wildman–Crippen MR) is 79.1 cm³/mol. The Bertz CT molecular complexity index is 617. The minimum absolute atomic E-state index is 0.538. The fourth-order valence-corrected chi connectivity index (χ4v) is 3.38. The molecular weight excluding hydrogens is 292 g/mol. The molecular formula is C14H15ClN4S. The summed E-state index contributed by atoms with van der Waals surface area (Å²) in [4.78, 5) is 4.11. The van der Waals surface area contributed by atoms with Crippen molar-refractivity contribution >= 4 is 23.4 Å². The van der Waals surface area contributed by atoms with Crippen LogP contribution in [0.15, 0.2) is 23.5 Å². The largest absolute Gasteiger partial charge is 0.303 e. The lowest BCUT2D eigenvalue weighted by atomic mass is 10.3. The SMILES string of the molecule is Clc1ccc(CSc2nnc(C3CC3)n2C2CC2)cn1. The molecule has 104 valence electrons. The molecule has 0 unspecified atom stereocenters. The highest BCUT2D eigenvalue weighted by Crippen LogP contribution is 2.46. The third kappa shape index (κ3) is 2.56. The maximum atomic E-state index is 5.80. The summed E-state index contributed by atoms with van der Waals surface area (Å²) >= 11 is 7.55. The molecule has 2 heterocycles. The van der Waals surface area contributed by atoms with E-state index in [1.54, 1.807) is 11.8 Å². The molecule has 0 aromatic carbocycles. The van der Waals surface area contributed by atoms with E-state index in [-0.39, 0.29) is 0 Å². The Hall–Kier alpha value is -1.07. The molecule has 2 aromatic rings. The molecule has 4 rings (SSSR count). The minimum Gasteiger partial charge on any atom is -0.303 e. The van der Waals surface area contributed by atoms with Crippen LogP contribution in [0.5, 0.6) is 0 Å². The fraction of sp³-hybridized carbons (Fsp3) is 0.500. The van der Waals surface area contributed by atoms with Crippen LogP contribution in [0.4, 0.5) is 0 Å². The van der Waals surface area contributed by atoms with E-state index in [1.165, 1.54) is 31.5 Å². The van der Waals surface area contributed by atoms with Crippen LogP contribution in [0.2, 0.25) is 5.15 Å². The molecule has 2 aromatic heterocycles. The van der Waals surface area contributed by atoms with E-state index in [0.29, 0.717) is 17.1 Å². The number of hydrogen-bond donors (Lipinski definition) is 0. The molecule has 2 saturated carbocycles. The Morgan fingerprint density at radius 2 is 2.05 bits per heavy atom. The first-order valence-corrected chi connectivity index (χ1v) is 8.35. The third-order valence-electron chi connectivity index (χ3n) is 3.70. The van der Waals surface area contributed by atoms with Crippen LogP contribution < -0.4 is 0 Å². The lowest BCUT2D eigenvalue weighted by Crippen LogP contribution is -2.01. The number of aromatic nitrogens is 4. The second-order valence-corrected chi connectivity index (χ2v) is 6.82. The lowest BCUT2D eigenvalue weighted by molar-refractivity contribution is 0.627. The Morgan fingerprint density at radius 1 is 1.20 bits per heavy atom. The fourth-order valence-electron chi connectivity index (χ4n) is 2.32. The predicted octanol–water partition coefficient (Wildman–Crippen LogP) is 3.83. The van der Waals surface area contributed by atoms with Gasteiger partial charge < -0.3 is 4.57 Å². The molecule has 0 spiro atoms. The van der Waals surface area contributed by atoms with Crippen molar-refractivity contribution in [2.45, 2.75) is 48.6 Å². The normalized spacial score (nSPS) is 18.4. The second-order valence-electron chi connectivity index (χ2n) is 5.49. The summed E-state index contributed by atoms with van der Waals surface area (Å²) in [6.07, 6.45) is 6.92. The molecule has 2 fully saturated rings. The van der Waals surface area contributed by atoms with Crippen molar-refractivity contribution in [1.82, 2.24) is 19.7 Å². The van der Waals surface area contributed by atoms with Gasteiger partial charge in [-0.15, -0.1) is 10.2 Å². The van der Waals surface area contributed by atoms with Crippen molar-refractivity contribution in [3.05, 3.63) is 34.9 Å². The van der Waals surface area contributed by atoms with Gasteiger partial charge in [-0.05, 0) is 37.3 Å². The Labute approximate surface area is 127 Å². The molecule has 6 heteroatoms. The van der Waals surface area contributed by atoms with Gasteiger partial charge in [0.05, 0.1) is 0 Å². The van der Waals surface area contributed by atoms with Crippen molar-refractivity contribution in [2.24, 2.45) is 0 Å². The first-order valence-electron chi connectivity index (χ1n) is 6.99. The summed E-state index contributed by atoms with van der Waals surface area (Å²) in [5.41, 5.74) is 1.16. The summed E-state index contributed by atoms with van der Waals surface area (Å²) in [6.45, 7) is 0. The summed E-state index contributed by atoms with van der Waals surface area (Å²) in [7, 11) is 0. The van der Waals surface area contributed by atoms with Gasteiger partial charge in [-0.2, -0.15) is 0 Å². The minimum atomic E-state index is 0.538. The van der Waals surface area contributed by atoms with E-state index in [4.69, 9.17) is 11.6 Å². The van der Waals surface area contributed by atoms with E-state index in [9.17, 15) is 0 Å². The van der Waals surface area contributed by atoms with Crippen LogP contribution in [-0.2, 0) is 5.75 Å². The maximum Gasteiger partial charge on any atom is 0.191 e. The van der Waals surface area contributed by atoms with Crippen LogP contribution in [0, 0.1) is 0 Å². The second kappa shape index (κ2) is 5.04. The number of hydrogen-bond acceptors (Lipinski definition) is 4. The summed E-state index contributed by atoms with van der Waals surface area (Å²) < 4.78 is 2.38. The Balaban J connectivity index is 1.52. The number of nitrogens with zero attached hydrogens (tertiary/aromatic N) is 4. The van der Waals surface area contributed by atoms with E-state index < -0.39 is 0 Å². The molecule has 0 amide bonds. The van der Waals surface area contributed by atoms with Gasteiger partial charge in [-0.25, -0.2) is 4.98 Å². The number of rotatable bonds is 5. The van der Waals surface area contributed by atoms with E-state index >= 15 is 0 Å². The zero-order valence-electron chi connectivity index (χ0n) is 11.0. The molecule has 0 N–H and O–H groups in total. The van der Waals surface area contributed by atoms with Crippen LogP contribution >= 0.6 is 23.4 Å². The van der Waals surface area contributed by atoms with Crippen LogP contribution in [0.1, 0.15) is 49.0 Å². The maximum absolute atomic E-state index is 5.80. The Kier molecular flexibility index (Phi) is 3.19. The van der Waals surface area contributed by atoms with Gasteiger partial charge in [0, 0.05) is 23.9 Å². The number of pyridine rings is 1. The van der Waals surface area contributed by atoms with Crippen LogP contribution in [-0.4, -0.2) is 19.7 Å². The number of halogens is 1. The van der Waals surface area contributed by atoms with Gasteiger partial charge >= 0.3 is 0 Å². The molecule has 0 atom stereocenters. The van der Waals surface area contributed by atoms with Gasteiger partial charge in [0.25, 0.3) is 0 Å².